The summed E-state index contributed by atoms with van der Waals surface area (Å²) in [5.41, 5.74) is 0. The van der Waals surface area contributed by atoms with Crippen LogP contribution in [0, 0.1) is 0 Å². The summed E-state index contributed by atoms with van der Waals surface area (Å²) in [5, 5.41) is 0. The molecule has 0 aliphatic carbocycles. The molecule has 134 valence electrons. The molecule has 0 spiro atoms. The molecule has 0 radical (unpaired) electrons. The van der Waals surface area contributed by atoms with Crippen molar-refractivity contribution in [1.82, 2.24) is 0 Å². The minimum absolute atomic E-state index is 0.706. The van der Waals surface area contributed by atoms with Gasteiger partial charge in [-0.25, -0.2) is 0 Å². The molecule has 0 aromatic carbocycles. The molecule has 0 unspecified atom stereocenters. The maximum atomic E-state index is 5.84. The van der Waals surface area contributed by atoms with Crippen LogP contribution in [0.25, 0.3) is 0 Å². The van der Waals surface area contributed by atoms with Crippen molar-refractivity contribution in [2.24, 2.45) is 0 Å². The van der Waals surface area contributed by atoms with Crippen LogP contribution < -0.4 is 0 Å². The number of rotatable bonds is 18. The molecule has 0 fully saturated rings. The number of ether oxygens (including phenoxy) is 3. The molecule has 0 saturated heterocycles. The van der Waals surface area contributed by atoms with Gasteiger partial charge in [0.25, 0.3) is 0 Å². The van der Waals surface area contributed by atoms with Crippen molar-refractivity contribution in [1.29, 1.82) is 0 Å². The Labute approximate surface area is 145 Å². The molecule has 0 N–H and O–H groups in total. The molecule has 0 saturated carbocycles. The Hall–Kier alpha value is 0.643. The fourth-order valence-corrected chi connectivity index (χ4v) is 5.69. The Balaban J connectivity index is 3.72. The summed E-state index contributed by atoms with van der Waals surface area (Å²) in [6.45, 7) is 4.45. The van der Waals surface area contributed by atoms with E-state index in [0.29, 0.717) is 19.8 Å². The summed E-state index contributed by atoms with van der Waals surface area (Å²) < 4.78 is 32.6. The molecule has 0 aromatic heterocycles. The van der Waals surface area contributed by atoms with Crippen LogP contribution in [0.15, 0.2) is 0 Å². The number of hydrogen-bond acceptors (Lipinski definition) is 6. The van der Waals surface area contributed by atoms with E-state index in [1.54, 1.807) is 21.3 Å². The van der Waals surface area contributed by atoms with Crippen molar-refractivity contribution in [3.63, 3.8) is 0 Å². The quantitative estimate of drug-likeness (QED) is 0.205. The van der Waals surface area contributed by atoms with E-state index in [1.807, 2.05) is 0 Å². The Morgan fingerprint density at radius 3 is 1.00 bits per heavy atom. The van der Waals surface area contributed by atoms with E-state index in [4.69, 9.17) is 22.7 Å². The van der Waals surface area contributed by atoms with E-state index in [1.165, 1.54) is 0 Å². The van der Waals surface area contributed by atoms with Crippen molar-refractivity contribution in [2.75, 3.05) is 61.0 Å². The van der Waals surface area contributed by atoms with E-state index in [0.717, 1.165) is 58.3 Å². The van der Waals surface area contributed by atoms with Gasteiger partial charge in [0, 0.05) is 0 Å². The van der Waals surface area contributed by atoms with Gasteiger partial charge in [0.1, 0.15) is 0 Å². The first-order valence-corrected chi connectivity index (χ1v) is 12.3. The van der Waals surface area contributed by atoms with E-state index in [2.05, 4.69) is 0 Å². The maximum absolute atomic E-state index is 5.84. The number of hydrogen-bond donors (Lipinski definition) is 0. The average Bonchev–Trinajstić information content (AvgIpc) is 2.53. The predicted molar refractivity (Wildman–Crippen MR) is 86.9 cm³/mol. The summed E-state index contributed by atoms with van der Waals surface area (Å²) in [6, 6.07) is 0. The van der Waals surface area contributed by atoms with E-state index in [-0.39, 0.29) is 0 Å². The molecular weight excluding hydrogens is 485 g/mol. The molecule has 0 aliphatic rings. The molecule has 7 heteroatoms. The van der Waals surface area contributed by atoms with Gasteiger partial charge in [-0.2, -0.15) is 0 Å². The first-order valence-electron chi connectivity index (χ1n) is 8.00. The van der Waals surface area contributed by atoms with Gasteiger partial charge in [-0.1, -0.05) is 0 Å². The molecule has 0 amide bonds. The fourth-order valence-electron chi connectivity index (χ4n) is 1.57. The van der Waals surface area contributed by atoms with Crippen molar-refractivity contribution >= 4 is 23.1 Å². The summed E-state index contributed by atoms with van der Waals surface area (Å²) in [4.78, 5) is 0. The van der Waals surface area contributed by atoms with Crippen LogP contribution in [0.5, 0.6) is 0 Å². The fraction of sp³-hybridized carbons (Fsp3) is 1.00. The van der Waals surface area contributed by atoms with Crippen LogP contribution in [0.2, 0.25) is 0 Å². The predicted octanol–water partition coefficient (Wildman–Crippen LogP) is 2.30. The second-order valence-corrected chi connectivity index (χ2v) is 9.57. The Morgan fingerprint density at radius 1 is 0.455 bits per heavy atom. The van der Waals surface area contributed by atoms with Gasteiger partial charge >= 0.3 is 145 Å². The standard InChI is InChI=1S/3C5H11O2.Bi/c3*1-7-5-3-2-4-6;/h3*2-5H2,1H3;/q3*-1;+3. The second-order valence-electron chi connectivity index (χ2n) is 4.82. The second kappa shape index (κ2) is 19.7. The van der Waals surface area contributed by atoms with Crippen molar-refractivity contribution in [2.45, 2.75) is 38.5 Å². The van der Waals surface area contributed by atoms with Crippen LogP contribution in [0.1, 0.15) is 38.5 Å². The molecule has 0 rings (SSSR count). The Bertz CT molecular complexity index is 175. The van der Waals surface area contributed by atoms with Crippen molar-refractivity contribution in [3.8, 4) is 0 Å². The third-order valence-electron chi connectivity index (χ3n) is 2.82. The van der Waals surface area contributed by atoms with Crippen LogP contribution in [-0.4, -0.2) is 84.0 Å². The topological polar surface area (TPSA) is 55.4 Å². The van der Waals surface area contributed by atoms with Gasteiger partial charge < -0.3 is 0 Å². The molecule has 22 heavy (non-hydrogen) atoms. The van der Waals surface area contributed by atoms with Gasteiger partial charge in [-0.15, -0.1) is 0 Å². The third kappa shape index (κ3) is 17.0. The summed E-state index contributed by atoms with van der Waals surface area (Å²) >= 11 is -2.68. The van der Waals surface area contributed by atoms with Crippen molar-refractivity contribution < 1.29 is 22.7 Å². The zero-order chi connectivity index (χ0) is 16.3. The molecular formula is C15H33BiO6. The zero-order valence-corrected chi connectivity index (χ0v) is 17.9. The number of unbranched alkanes of at least 4 members (excludes halogenated alkanes) is 3. The third-order valence-corrected chi connectivity index (χ3v) is 7.41. The summed E-state index contributed by atoms with van der Waals surface area (Å²) in [5.74, 6) is 0. The normalized spacial score (nSPS) is 11.5. The molecule has 0 atom stereocenters. The van der Waals surface area contributed by atoms with Crippen LogP contribution in [0.3, 0.4) is 0 Å². The molecule has 0 aliphatic heterocycles. The molecule has 0 bridgehead atoms. The average molecular weight is 518 g/mol. The number of methoxy groups -OCH3 is 3. The first kappa shape index (κ1) is 22.6. The molecule has 0 aromatic rings. The van der Waals surface area contributed by atoms with Crippen molar-refractivity contribution in [3.05, 3.63) is 0 Å². The van der Waals surface area contributed by atoms with Gasteiger partial charge in [-0.3, -0.25) is 0 Å². The SMILES string of the molecule is COCCCC[O][Bi]([O]CCCCOC)[O]CCCCOC. The van der Waals surface area contributed by atoms with Crippen LogP contribution in [-0.2, 0) is 22.7 Å². The van der Waals surface area contributed by atoms with E-state index >= 15 is 0 Å². The van der Waals surface area contributed by atoms with Crippen LogP contribution >= 0.6 is 0 Å². The first-order chi connectivity index (χ1) is 10.8. The molecule has 0 heterocycles. The van der Waals surface area contributed by atoms with Gasteiger partial charge in [0.15, 0.2) is 0 Å². The van der Waals surface area contributed by atoms with E-state index < -0.39 is 23.1 Å². The minimum atomic E-state index is -2.68. The van der Waals surface area contributed by atoms with Crippen LogP contribution in [0.4, 0.5) is 0 Å². The molecule has 6 nitrogen and oxygen atoms in total. The Kier molecular flexibility index (Phi) is 20.3. The summed E-state index contributed by atoms with van der Waals surface area (Å²) in [7, 11) is 5.15. The van der Waals surface area contributed by atoms with Gasteiger partial charge in [0.2, 0.25) is 0 Å². The monoisotopic (exact) mass is 518 g/mol. The zero-order valence-electron chi connectivity index (χ0n) is 14.4. The summed E-state index contributed by atoms with van der Waals surface area (Å²) in [6.07, 6.45) is 5.99. The Morgan fingerprint density at radius 2 is 0.727 bits per heavy atom. The van der Waals surface area contributed by atoms with Gasteiger partial charge in [0.05, 0.1) is 0 Å². The van der Waals surface area contributed by atoms with Gasteiger partial charge in [-0.05, 0) is 0 Å². The van der Waals surface area contributed by atoms with E-state index in [9.17, 15) is 0 Å².